The highest BCUT2D eigenvalue weighted by atomic mass is 32.2. The Labute approximate surface area is 172 Å². The molecule has 1 amide bonds. The number of ether oxygens (including phenoxy) is 1. The first-order valence-corrected chi connectivity index (χ1v) is 11.1. The normalized spacial score (nSPS) is 11.1. The van der Waals surface area contributed by atoms with Crippen LogP contribution in [-0.4, -0.2) is 27.5 Å². The minimum Gasteiger partial charge on any atom is -0.494 e. The number of amides is 1. The smallest absolute Gasteiger partial charge is 0.274 e. The van der Waals surface area contributed by atoms with E-state index in [-0.39, 0.29) is 9.90 Å². The van der Waals surface area contributed by atoms with E-state index in [1.165, 1.54) is 24.3 Å². The van der Waals surface area contributed by atoms with Gasteiger partial charge in [0.05, 0.1) is 12.3 Å². The first-order chi connectivity index (χ1) is 13.9. The lowest BCUT2D eigenvalue weighted by Crippen LogP contribution is -2.38. The van der Waals surface area contributed by atoms with Crippen LogP contribution < -0.4 is 14.4 Å². The third-order valence-electron chi connectivity index (χ3n) is 3.90. The lowest BCUT2D eigenvalue weighted by molar-refractivity contribution is -0.114. The van der Waals surface area contributed by atoms with Crippen LogP contribution in [0.25, 0.3) is 0 Å². The van der Waals surface area contributed by atoms with Gasteiger partial charge in [-0.2, -0.15) is 0 Å². The summed E-state index contributed by atoms with van der Waals surface area (Å²) in [7, 11) is -4.10. The van der Waals surface area contributed by atoms with Crippen molar-refractivity contribution in [3.63, 3.8) is 0 Å². The van der Waals surface area contributed by atoms with Crippen LogP contribution in [0.1, 0.15) is 6.92 Å². The molecule has 1 N–H and O–H groups in total. The molecule has 0 bridgehead atoms. The van der Waals surface area contributed by atoms with Gasteiger partial charge >= 0.3 is 0 Å². The second-order valence-corrected chi connectivity index (χ2v) is 8.94. The molecular weight excluding hydrogens is 415 g/mol. The standard InChI is InChI=1S/C20H19FN2O4S2/c1-2-27-16-11-9-15(10-12-16)22-19(24)14-23(18-7-4-3-6-17(18)21)29(25,26)20-8-5-13-28-20/h3-13H,2,14H2,1H3,(H,22,24). The Bertz CT molecular complexity index is 1070. The summed E-state index contributed by atoms with van der Waals surface area (Å²) < 4.78 is 46.6. The summed E-state index contributed by atoms with van der Waals surface area (Å²) in [4.78, 5) is 12.6. The largest absolute Gasteiger partial charge is 0.494 e. The van der Waals surface area contributed by atoms with E-state index in [2.05, 4.69) is 5.32 Å². The maximum Gasteiger partial charge on any atom is 0.274 e. The lowest BCUT2D eigenvalue weighted by Gasteiger charge is -2.23. The third-order valence-corrected chi connectivity index (χ3v) is 7.03. The van der Waals surface area contributed by atoms with Crippen molar-refractivity contribution in [2.24, 2.45) is 0 Å². The zero-order valence-electron chi connectivity index (χ0n) is 15.5. The molecule has 0 saturated heterocycles. The van der Waals surface area contributed by atoms with Gasteiger partial charge in [0.15, 0.2) is 0 Å². The van der Waals surface area contributed by atoms with E-state index in [0.717, 1.165) is 21.7 Å². The maximum atomic E-state index is 14.4. The van der Waals surface area contributed by atoms with Crippen LogP contribution in [0.3, 0.4) is 0 Å². The van der Waals surface area contributed by atoms with Crippen molar-refractivity contribution in [1.82, 2.24) is 0 Å². The summed E-state index contributed by atoms with van der Waals surface area (Å²) in [6.07, 6.45) is 0. The van der Waals surface area contributed by atoms with Gasteiger partial charge in [-0.05, 0) is 54.8 Å². The molecule has 9 heteroatoms. The van der Waals surface area contributed by atoms with Gasteiger partial charge in [-0.3, -0.25) is 9.10 Å². The van der Waals surface area contributed by atoms with Crippen molar-refractivity contribution < 1.29 is 22.3 Å². The van der Waals surface area contributed by atoms with Crippen LogP contribution in [-0.2, 0) is 14.8 Å². The highest BCUT2D eigenvalue weighted by Gasteiger charge is 2.29. The molecule has 3 rings (SSSR count). The van der Waals surface area contributed by atoms with Gasteiger partial charge in [0.2, 0.25) is 5.91 Å². The van der Waals surface area contributed by atoms with Crippen molar-refractivity contribution in [2.75, 3.05) is 22.8 Å². The molecule has 0 atom stereocenters. The van der Waals surface area contributed by atoms with Crippen LogP contribution in [0, 0.1) is 5.82 Å². The SMILES string of the molecule is CCOc1ccc(NC(=O)CN(c2ccccc2F)S(=O)(=O)c2cccs2)cc1. The molecule has 0 fully saturated rings. The first-order valence-electron chi connectivity index (χ1n) is 8.75. The molecule has 3 aromatic rings. The number of carbonyl (C=O) groups excluding carboxylic acids is 1. The van der Waals surface area contributed by atoms with Crippen LogP contribution in [0.15, 0.2) is 70.3 Å². The molecule has 0 aliphatic rings. The van der Waals surface area contributed by atoms with Gasteiger partial charge in [0.1, 0.15) is 22.3 Å². The van der Waals surface area contributed by atoms with Crippen LogP contribution >= 0.6 is 11.3 Å². The molecule has 1 aromatic heterocycles. The van der Waals surface area contributed by atoms with Crippen molar-refractivity contribution >= 4 is 38.6 Å². The number of carbonyl (C=O) groups is 1. The first kappa shape index (κ1) is 20.8. The number of sulfonamides is 1. The van der Waals surface area contributed by atoms with Gasteiger partial charge in [0.25, 0.3) is 10.0 Å². The zero-order chi connectivity index (χ0) is 20.9. The minimum atomic E-state index is -4.10. The van der Waals surface area contributed by atoms with E-state index in [1.54, 1.807) is 35.7 Å². The Kier molecular flexibility index (Phi) is 6.50. The summed E-state index contributed by atoms with van der Waals surface area (Å²) in [5, 5.41) is 4.23. The molecule has 0 spiro atoms. The number of benzene rings is 2. The van der Waals surface area contributed by atoms with Gasteiger partial charge in [-0.1, -0.05) is 18.2 Å². The number of anilines is 2. The minimum absolute atomic E-state index is 0.0228. The summed E-state index contributed by atoms with van der Waals surface area (Å²) in [5.41, 5.74) is 0.281. The van der Waals surface area contributed by atoms with E-state index >= 15 is 0 Å². The van der Waals surface area contributed by atoms with Gasteiger partial charge in [-0.15, -0.1) is 11.3 Å². The molecular formula is C20H19FN2O4S2. The number of nitrogens with zero attached hydrogens (tertiary/aromatic N) is 1. The molecule has 2 aromatic carbocycles. The highest BCUT2D eigenvalue weighted by Crippen LogP contribution is 2.28. The van der Waals surface area contributed by atoms with Crippen LogP contribution in [0.5, 0.6) is 5.75 Å². The lowest BCUT2D eigenvalue weighted by atomic mass is 10.3. The molecule has 0 unspecified atom stereocenters. The van der Waals surface area contributed by atoms with Crippen LogP contribution in [0.4, 0.5) is 15.8 Å². The Morgan fingerprint density at radius 2 is 1.83 bits per heavy atom. The fourth-order valence-electron chi connectivity index (χ4n) is 2.60. The Hall–Kier alpha value is -2.91. The highest BCUT2D eigenvalue weighted by molar-refractivity contribution is 7.94. The Balaban J connectivity index is 1.85. The van der Waals surface area contributed by atoms with Crippen molar-refractivity contribution in [3.05, 3.63) is 71.9 Å². The fourth-order valence-corrected chi connectivity index (χ4v) is 5.14. The molecule has 6 nitrogen and oxygen atoms in total. The monoisotopic (exact) mass is 434 g/mol. The third kappa shape index (κ3) is 4.93. The predicted octanol–water partition coefficient (Wildman–Crippen LogP) is 4.12. The molecule has 0 aliphatic heterocycles. The average Bonchev–Trinajstić information content (AvgIpc) is 3.24. The molecule has 0 radical (unpaired) electrons. The predicted molar refractivity (Wildman–Crippen MR) is 111 cm³/mol. The van der Waals surface area contributed by atoms with E-state index in [4.69, 9.17) is 4.74 Å². The Morgan fingerprint density at radius 1 is 1.10 bits per heavy atom. The molecule has 0 saturated carbocycles. The number of hydrogen-bond acceptors (Lipinski definition) is 5. The summed E-state index contributed by atoms with van der Waals surface area (Å²) in [5.74, 6) is -0.683. The topological polar surface area (TPSA) is 75.7 Å². The number of halogens is 1. The van der Waals surface area contributed by atoms with Crippen LogP contribution in [0.2, 0.25) is 0 Å². The molecule has 152 valence electrons. The second kappa shape index (κ2) is 9.06. The van der Waals surface area contributed by atoms with Crippen molar-refractivity contribution in [2.45, 2.75) is 11.1 Å². The van der Waals surface area contributed by atoms with Gasteiger partial charge in [0, 0.05) is 5.69 Å². The van der Waals surface area contributed by atoms with Gasteiger partial charge < -0.3 is 10.1 Å². The number of rotatable bonds is 8. The second-order valence-electron chi connectivity index (χ2n) is 5.90. The number of thiophene rings is 1. The van der Waals surface area contributed by atoms with E-state index in [9.17, 15) is 17.6 Å². The van der Waals surface area contributed by atoms with Gasteiger partial charge in [-0.25, -0.2) is 12.8 Å². The summed E-state index contributed by atoms with van der Waals surface area (Å²) in [6, 6.07) is 15.1. The van der Waals surface area contributed by atoms with E-state index < -0.39 is 28.3 Å². The summed E-state index contributed by atoms with van der Waals surface area (Å²) in [6.45, 7) is 1.80. The van der Waals surface area contributed by atoms with Crippen molar-refractivity contribution in [1.29, 1.82) is 0 Å². The number of nitrogens with one attached hydrogen (secondary N) is 1. The quantitative estimate of drug-likeness (QED) is 0.579. The average molecular weight is 435 g/mol. The summed E-state index contributed by atoms with van der Waals surface area (Å²) >= 11 is 0.998. The maximum absolute atomic E-state index is 14.4. The molecule has 0 aliphatic carbocycles. The number of para-hydroxylation sites is 1. The molecule has 1 heterocycles. The van der Waals surface area contributed by atoms with E-state index in [0.29, 0.717) is 18.0 Å². The van der Waals surface area contributed by atoms with E-state index in [1.807, 2.05) is 6.92 Å². The number of hydrogen-bond donors (Lipinski definition) is 1. The fraction of sp³-hybridized carbons (Fsp3) is 0.150. The van der Waals surface area contributed by atoms with Crippen molar-refractivity contribution in [3.8, 4) is 5.75 Å². The zero-order valence-corrected chi connectivity index (χ0v) is 17.2. The Morgan fingerprint density at radius 3 is 2.45 bits per heavy atom. The molecule has 29 heavy (non-hydrogen) atoms.